The first-order chi connectivity index (χ1) is 15.7. The monoisotopic (exact) mass is 507 g/mol. The van der Waals surface area contributed by atoms with Gasteiger partial charge >= 0.3 is 6.18 Å². The average molecular weight is 508 g/mol. The minimum Gasteiger partial charge on any atom is -0.493 e. The van der Waals surface area contributed by atoms with E-state index in [-0.39, 0.29) is 16.9 Å². The van der Waals surface area contributed by atoms with Gasteiger partial charge in [-0.05, 0) is 25.1 Å². The maximum Gasteiger partial charge on any atom is 0.417 e. The van der Waals surface area contributed by atoms with Crippen LogP contribution in [0.3, 0.4) is 0 Å². The number of rotatable bonds is 5. The van der Waals surface area contributed by atoms with Crippen LogP contribution in [-0.2, 0) is 9.53 Å². The first kappa shape index (κ1) is 25.6. The van der Waals surface area contributed by atoms with Crippen molar-refractivity contribution in [2.75, 3.05) is 12.4 Å². The van der Waals surface area contributed by atoms with E-state index >= 15 is 0 Å². The molecule has 1 aliphatic heterocycles. The molecule has 2 aromatic rings. The molecule has 0 radical (unpaired) electrons. The zero-order chi connectivity index (χ0) is 25.6. The van der Waals surface area contributed by atoms with E-state index in [4.69, 9.17) is 26.8 Å². The van der Waals surface area contributed by atoms with Crippen molar-refractivity contribution in [1.82, 2.24) is 4.98 Å². The molecule has 1 fully saturated rings. The number of nitrogens with zero attached hydrogens (tertiary/aromatic N) is 1. The Bertz CT molecular complexity index is 1150. The third-order valence-electron chi connectivity index (χ3n) is 5.92. The zero-order valence-corrected chi connectivity index (χ0v) is 18.7. The minimum atomic E-state index is -4.93. The maximum absolute atomic E-state index is 14.5. The second-order valence-electron chi connectivity index (χ2n) is 7.85. The Kier molecular flexibility index (Phi) is 6.78. The van der Waals surface area contributed by atoms with Gasteiger partial charge in [-0.15, -0.1) is 0 Å². The summed E-state index contributed by atoms with van der Waals surface area (Å²) in [7, 11) is 0.996. The lowest BCUT2D eigenvalue weighted by atomic mass is 9.77. The van der Waals surface area contributed by atoms with Gasteiger partial charge in [0.05, 0.1) is 12.1 Å². The molecular weight excluding hydrogens is 489 g/mol. The molecule has 2 amide bonds. The number of ether oxygens (including phenoxy) is 2. The molecule has 1 aromatic carbocycles. The van der Waals surface area contributed by atoms with Gasteiger partial charge in [-0.3, -0.25) is 14.6 Å². The lowest BCUT2D eigenvalue weighted by Gasteiger charge is -2.32. The number of anilines is 1. The lowest BCUT2D eigenvalue weighted by Crippen LogP contribution is -2.47. The van der Waals surface area contributed by atoms with Gasteiger partial charge in [0.1, 0.15) is 11.8 Å². The van der Waals surface area contributed by atoms with E-state index in [0.29, 0.717) is 0 Å². The van der Waals surface area contributed by atoms with Gasteiger partial charge in [0, 0.05) is 29.3 Å². The molecule has 184 valence electrons. The number of methoxy groups -OCH3 is 1. The van der Waals surface area contributed by atoms with Gasteiger partial charge in [-0.1, -0.05) is 18.5 Å². The summed E-state index contributed by atoms with van der Waals surface area (Å²) in [4.78, 5) is 28.1. The Morgan fingerprint density at radius 1 is 1.26 bits per heavy atom. The van der Waals surface area contributed by atoms with E-state index in [1.165, 1.54) is 6.07 Å². The van der Waals surface area contributed by atoms with Crippen LogP contribution in [-0.4, -0.2) is 41.8 Å². The van der Waals surface area contributed by atoms with Crippen LogP contribution in [0.5, 0.6) is 5.75 Å². The highest BCUT2D eigenvalue weighted by molar-refractivity contribution is 6.30. The summed E-state index contributed by atoms with van der Waals surface area (Å²) in [6.07, 6.45) is -5.60. The fraction of sp³-hybridized carbons (Fsp3) is 0.381. The van der Waals surface area contributed by atoms with Crippen molar-refractivity contribution >= 4 is 29.1 Å². The van der Waals surface area contributed by atoms with Crippen LogP contribution in [0.4, 0.5) is 27.6 Å². The lowest BCUT2D eigenvalue weighted by molar-refractivity contribution is -0.272. The summed E-state index contributed by atoms with van der Waals surface area (Å²) >= 11 is 5.75. The maximum atomic E-state index is 14.5. The molecule has 1 aliphatic rings. The van der Waals surface area contributed by atoms with E-state index in [2.05, 4.69) is 10.3 Å². The predicted octanol–water partition coefficient (Wildman–Crippen LogP) is 4.20. The number of pyridine rings is 1. The van der Waals surface area contributed by atoms with Crippen molar-refractivity contribution in [3.8, 4) is 5.75 Å². The number of nitrogens with one attached hydrogen (secondary N) is 1. The summed E-state index contributed by atoms with van der Waals surface area (Å²) in [6.45, 7) is 1.92. The summed E-state index contributed by atoms with van der Waals surface area (Å²) < 4.78 is 80.7. The molecule has 2 heterocycles. The Morgan fingerprint density at radius 3 is 2.47 bits per heavy atom. The molecule has 0 spiro atoms. The summed E-state index contributed by atoms with van der Waals surface area (Å²) in [5.41, 5.74) is 1.83. The molecule has 3 N–H and O–H groups in total. The van der Waals surface area contributed by atoms with Crippen molar-refractivity contribution in [3.05, 3.63) is 52.3 Å². The van der Waals surface area contributed by atoms with Gasteiger partial charge in [0.25, 0.3) is 11.8 Å². The largest absolute Gasteiger partial charge is 0.493 e. The molecule has 0 unspecified atom stereocenters. The number of benzene rings is 1. The Balaban J connectivity index is 2.12. The normalized spacial score (nSPS) is 24.7. The second-order valence-corrected chi connectivity index (χ2v) is 8.26. The van der Waals surface area contributed by atoms with Crippen LogP contribution >= 0.6 is 11.6 Å². The zero-order valence-electron chi connectivity index (χ0n) is 18.0. The number of amides is 2. The smallest absolute Gasteiger partial charge is 0.417 e. The quantitative estimate of drug-likeness (QED) is 0.466. The number of halogens is 6. The number of hydrogen-bond acceptors (Lipinski definition) is 5. The van der Waals surface area contributed by atoms with Crippen molar-refractivity contribution in [1.29, 1.82) is 0 Å². The van der Waals surface area contributed by atoms with E-state index < -0.39 is 63.9 Å². The number of aromatic nitrogens is 1. The molecule has 3 rings (SSSR count). The van der Waals surface area contributed by atoms with Crippen LogP contribution in [0.25, 0.3) is 0 Å². The molecular formula is C21H19ClF5N3O4. The fourth-order valence-corrected chi connectivity index (χ4v) is 4.13. The Morgan fingerprint density at radius 2 is 1.91 bits per heavy atom. The molecule has 34 heavy (non-hydrogen) atoms. The van der Waals surface area contributed by atoms with Crippen molar-refractivity contribution in [3.63, 3.8) is 0 Å². The van der Waals surface area contributed by atoms with Gasteiger partial charge in [-0.2, -0.15) is 17.6 Å². The number of hydrogen-bond donors (Lipinski definition) is 2. The van der Waals surface area contributed by atoms with Crippen molar-refractivity contribution in [2.24, 2.45) is 11.7 Å². The third kappa shape index (κ3) is 4.27. The van der Waals surface area contributed by atoms with Crippen LogP contribution in [0.15, 0.2) is 24.4 Å². The highest BCUT2D eigenvalue weighted by Crippen LogP contribution is 2.55. The third-order valence-corrected chi connectivity index (χ3v) is 6.19. The van der Waals surface area contributed by atoms with E-state index in [1.54, 1.807) is 0 Å². The van der Waals surface area contributed by atoms with Gasteiger partial charge < -0.3 is 20.5 Å². The fourth-order valence-electron chi connectivity index (χ4n) is 3.93. The van der Waals surface area contributed by atoms with Crippen LogP contribution in [0.1, 0.15) is 35.8 Å². The molecule has 0 bridgehead atoms. The van der Waals surface area contributed by atoms with Crippen LogP contribution in [0, 0.1) is 17.6 Å². The van der Waals surface area contributed by atoms with Crippen molar-refractivity contribution < 1.29 is 41.0 Å². The van der Waals surface area contributed by atoms with E-state index in [0.717, 1.165) is 39.3 Å². The average Bonchev–Trinajstić information content (AvgIpc) is 3.04. The minimum absolute atomic E-state index is 0.000279. The molecule has 0 aliphatic carbocycles. The number of primary amides is 1. The number of alkyl halides is 3. The molecule has 0 saturated carbocycles. The van der Waals surface area contributed by atoms with Gasteiger partial charge in [0.2, 0.25) is 5.82 Å². The molecule has 1 saturated heterocycles. The Hall–Kier alpha value is -2.99. The molecule has 13 heteroatoms. The first-order valence-corrected chi connectivity index (χ1v) is 10.1. The number of carbonyl (C=O) groups excluding carboxylic acids is 2. The highest BCUT2D eigenvalue weighted by atomic mass is 35.5. The first-order valence-electron chi connectivity index (χ1n) is 9.75. The van der Waals surface area contributed by atoms with Crippen LogP contribution < -0.4 is 15.8 Å². The number of carbonyl (C=O) groups is 2. The molecule has 4 atom stereocenters. The molecule has 1 aromatic heterocycles. The van der Waals surface area contributed by atoms with Gasteiger partial charge in [0.15, 0.2) is 17.2 Å². The molecule has 7 nitrogen and oxygen atoms in total. The van der Waals surface area contributed by atoms with Gasteiger partial charge in [-0.25, -0.2) is 4.39 Å². The van der Waals surface area contributed by atoms with Crippen LogP contribution in [0.2, 0.25) is 5.02 Å². The van der Waals surface area contributed by atoms with E-state index in [9.17, 15) is 31.5 Å². The highest BCUT2D eigenvalue weighted by Gasteiger charge is 2.66. The SMILES string of the molecule is COc1c([C@H]2[C@@H](C(=O)Nc3ccnc(C(N)=O)c3)O[C@@](C)(C(F)(F)F)[C@@H]2C)cc(Cl)c(F)c1F. The second kappa shape index (κ2) is 8.99. The van der Waals surface area contributed by atoms with E-state index in [1.807, 2.05) is 0 Å². The predicted molar refractivity (Wildman–Crippen MR) is 111 cm³/mol. The summed E-state index contributed by atoms with van der Waals surface area (Å²) in [5.74, 6) is -8.53. The summed E-state index contributed by atoms with van der Waals surface area (Å²) in [6, 6.07) is 3.30. The summed E-state index contributed by atoms with van der Waals surface area (Å²) in [5, 5.41) is 1.64. The standard InChI is InChI=1S/C21H19ClF5N3O4/c1-8-13(10-7-11(22)14(23)15(24)16(10)33-3)17(34-20(8,2)21(25,26)27)19(32)30-9-4-5-29-12(6-9)18(28)31/h4-8,13,17H,1-3H3,(H2,28,31)(H,29,30,32)/t8-,13+,17+,20-/m1/s1. The topological polar surface area (TPSA) is 104 Å². The number of nitrogens with two attached hydrogens (primary N) is 1. The Labute approximate surface area is 195 Å². The van der Waals surface area contributed by atoms with Crippen molar-refractivity contribution in [2.45, 2.75) is 37.6 Å².